The van der Waals surface area contributed by atoms with Gasteiger partial charge in [0.15, 0.2) is 0 Å². The lowest BCUT2D eigenvalue weighted by Gasteiger charge is -2.18. The van der Waals surface area contributed by atoms with Crippen LogP contribution in [0.15, 0.2) is 65.8 Å². The van der Waals surface area contributed by atoms with Crippen molar-refractivity contribution in [1.82, 2.24) is 0 Å². The Hall–Kier alpha value is -2.15. The Bertz CT molecular complexity index is 665. The van der Waals surface area contributed by atoms with Gasteiger partial charge in [0, 0.05) is 12.1 Å². The third-order valence-corrected chi connectivity index (χ3v) is 3.88. The highest BCUT2D eigenvalue weighted by Gasteiger charge is 2.16. The van der Waals surface area contributed by atoms with E-state index in [9.17, 15) is 0 Å². The van der Waals surface area contributed by atoms with Gasteiger partial charge < -0.3 is 0 Å². The second-order valence-corrected chi connectivity index (χ2v) is 5.43. The predicted octanol–water partition coefficient (Wildman–Crippen LogP) is 5.00. The molecule has 0 spiro atoms. The minimum atomic E-state index is 0.501. The Morgan fingerprint density at radius 2 is 1.80 bits per heavy atom. The molecule has 1 heteroatoms. The number of aliphatic imine (C=N–C) groups is 1. The maximum absolute atomic E-state index is 4.58. The minimum Gasteiger partial charge on any atom is -0.261 e. The number of aryl methyl sites for hydroxylation is 1. The quantitative estimate of drug-likeness (QED) is 0.721. The molecule has 20 heavy (non-hydrogen) atoms. The maximum atomic E-state index is 4.58. The molecule has 1 aliphatic rings. The molecule has 2 aromatic rings. The first-order chi connectivity index (χ1) is 9.75. The second kappa shape index (κ2) is 5.46. The van der Waals surface area contributed by atoms with Gasteiger partial charge >= 0.3 is 0 Å². The van der Waals surface area contributed by atoms with E-state index >= 15 is 0 Å². The average Bonchev–Trinajstić information content (AvgIpc) is 2.49. The zero-order chi connectivity index (χ0) is 13.9. The Morgan fingerprint density at radius 1 is 1.00 bits per heavy atom. The fourth-order valence-electron chi connectivity index (χ4n) is 2.73. The molecular weight excluding hydrogens is 242 g/mol. The Balaban J connectivity index is 2.00. The molecule has 0 radical (unpaired) electrons. The zero-order valence-electron chi connectivity index (χ0n) is 12.0. The molecule has 0 amide bonds. The first-order valence-corrected chi connectivity index (χ1v) is 7.15. The van der Waals surface area contributed by atoms with Crippen LogP contribution in [0.5, 0.6) is 0 Å². The van der Waals surface area contributed by atoms with Gasteiger partial charge in [-0.2, -0.15) is 0 Å². The van der Waals surface area contributed by atoms with Crippen molar-refractivity contribution in [2.75, 3.05) is 0 Å². The molecule has 1 nitrogen and oxygen atoms in total. The third kappa shape index (κ3) is 2.44. The Labute approximate surface area is 120 Å². The fraction of sp³-hybridized carbons (Fsp3) is 0.211. The lowest BCUT2D eigenvalue weighted by atomic mass is 9.89. The number of benzene rings is 2. The summed E-state index contributed by atoms with van der Waals surface area (Å²) >= 11 is 0. The van der Waals surface area contributed by atoms with E-state index in [0.29, 0.717) is 5.92 Å². The summed E-state index contributed by atoms with van der Waals surface area (Å²) in [5.74, 6) is 0.501. The van der Waals surface area contributed by atoms with Crippen LogP contribution >= 0.6 is 0 Å². The van der Waals surface area contributed by atoms with E-state index in [1.54, 1.807) is 0 Å². The minimum absolute atomic E-state index is 0.501. The van der Waals surface area contributed by atoms with Crippen LogP contribution in [0.1, 0.15) is 24.5 Å². The lowest BCUT2D eigenvalue weighted by molar-refractivity contribution is 0.777. The van der Waals surface area contributed by atoms with Crippen LogP contribution in [-0.4, -0.2) is 5.71 Å². The molecule has 100 valence electrons. The molecule has 2 aromatic carbocycles. The zero-order valence-corrected chi connectivity index (χ0v) is 12.0. The lowest BCUT2D eigenvalue weighted by Crippen LogP contribution is -2.15. The van der Waals surface area contributed by atoms with Crippen LogP contribution in [0.4, 0.5) is 0 Å². The molecule has 0 saturated carbocycles. The summed E-state index contributed by atoms with van der Waals surface area (Å²) in [5, 5.41) is 0. The van der Waals surface area contributed by atoms with Gasteiger partial charge in [-0.3, -0.25) is 4.99 Å². The molecule has 0 fully saturated rings. The van der Waals surface area contributed by atoms with E-state index in [1.807, 2.05) is 6.20 Å². The van der Waals surface area contributed by atoms with Crippen molar-refractivity contribution in [1.29, 1.82) is 0 Å². The Kier molecular flexibility index (Phi) is 3.51. The van der Waals surface area contributed by atoms with Crippen LogP contribution in [0, 0.1) is 12.8 Å². The van der Waals surface area contributed by atoms with Crippen LogP contribution in [-0.2, 0) is 0 Å². The van der Waals surface area contributed by atoms with Crippen LogP contribution < -0.4 is 0 Å². The van der Waals surface area contributed by atoms with E-state index in [-0.39, 0.29) is 0 Å². The van der Waals surface area contributed by atoms with Crippen molar-refractivity contribution in [3.05, 3.63) is 71.9 Å². The molecule has 3 rings (SSSR count). The van der Waals surface area contributed by atoms with Crippen molar-refractivity contribution < 1.29 is 0 Å². The number of hydrogen-bond donors (Lipinski definition) is 0. The molecule has 0 saturated heterocycles. The van der Waals surface area contributed by atoms with Gasteiger partial charge in [-0.05, 0) is 35.6 Å². The summed E-state index contributed by atoms with van der Waals surface area (Å²) in [4.78, 5) is 4.58. The average molecular weight is 261 g/mol. The molecule has 0 N–H and O–H groups in total. The third-order valence-electron chi connectivity index (χ3n) is 3.88. The number of nitrogens with zero attached hydrogens (tertiary/aromatic N) is 1. The van der Waals surface area contributed by atoms with Crippen molar-refractivity contribution in [2.24, 2.45) is 10.9 Å². The molecule has 0 aromatic heterocycles. The normalized spacial score (nSPS) is 17.9. The SMILES string of the molecule is Cc1cc(-c2ccccc2)ccc1C1=NC=CCC1C. The topological polar surface area (TPSA) is 12.4 Å². The van der Waals surface area contributed by atoms with Crippen molar-refractivity contribution in [3.8, 4) is 11.1 Å². The van der Waals surface area contributed by atoms with E-state index in [0.717, 1.165) is 6.42 Å². The second-order valence-electron chi connectivity index (χ2n) is 5.43. The molecule has 1 atom stereocenters. The van der Waals surface area contributed by atoms with Gasteiger partial charge in [0.05, 0.1) is 5.71 Å². The summed E-state index contributed by atoms with van der Waals surface area (Å²) < 4.78 is 0. The van der Waals surface area contributed by atoms with Crippen LogP contribution in [0.3, 0.4) is 0 Å². The van der Waals surface area contributed by atoms with E-state index in [4.69, 9.17) is 0 Å². The first-order valence-electron chi connectivity index (χ1n) is 7.15. The van der Waals surface area contributed by atoms with Crippen LogP contribution in [0.25, 0.3) is 11.1 Å². The Morgan fingerprint density at radius 3 is 2.50 bits per heavy atom. The van der Waals surface area contributed by atoms with Gasteiger partial charge in [-0.15, -0.1) is 0 Å². The number of allylic oxidation sites excluding steroid dienone is 1. The monoisotopic (exact) mass is 261 g/mol. The van der Waals surface area contributed by atoms with Gasteiger partial charge in [0.25, 0.3) is 0 Å². The molecule has 1 aliphatic heterocycles. The van der Waals surface area contributed by atoms with E-state index in [1.165, 1.54) is 28.0 Å². The number of hydrogen-bond acceptors (Lipinski definition) is 1. The standard InChI is InChI=1S/C19H19N/c1-14-7-6-12-20-19(14)18-11-10-17(13-15(18)2)16-8-4-3-5-9-16/h3-6,8-14H,7H2,1-2H3. The van der Waals surface area contributed by atoms with Gasteiger partial charge in [-0.25, -0.2) is 0 Å². The summed E-state index contributed by atoms with van der Waals surface area (Å²) in [6, 6.07) is 17.2. The molecule has 1 heterocycles. The van der Waals surface area contributed by atoms with E-state index in [2.05, 4.69) is 73.4 Å². The van der Waals surface area contributed by atoms with Crippen LogP contribution in [0.2, 0.25) is 0 Å². The van der Waals surface area contributed by atoms with Gasteiger partial charge in [0.1, 0.15) is 0 Å². The molecule has 1 unspecified atom stereocenters. The predicted molar refractivity (Wildman–Crippen MR) is 86.1 cm³/mol. The highest BCUT2D eigenvalue weighted by atomic mass is 14.7. The molecular formula is C19H19N. The van der Waals surface area contributed by atoms with Crippen molar-refractivity contribution in [3.63, 3.8) is 0 Å². The first kappa shape index (κ1) is 12.9. The highest BCUT2D eigenvalue weighted by molar-refractivity contribution is 6.04. The molecule has 0 aliphatic carbocycles. The summed E-state index contributed by atoms with van der Waals surface area (Å²) in [6.07, 6.45) is 5.15. The van der Waals surface area contributed by atoms with E-state index < -0.39 is 0 Å². The molecule has 0 bridgehead atoms. The van der Waals surface area contributed by atoms with Crippen molar-refractivity contribution in [2.45, 2.75) is 20.3 Å². The fourth-order valence-corrected chi connectivity index (χ4v) is 2.73. The van der Waals surface area contributed by atoms with Gasteiger partial charge in [0.2, 0.25) is 0 Å². The summed E-state index contributed by atoms with van der Waals surface area (Å²) in [7, 11) is 0. The summed E-state index contributed by atoms with van der Waals surface area (Å²) in [5.41, 5.74) is 6.32. The van der Waals surface area contributed by atoms with Gasteiger partial charge in [-0.1, -0.05) is 61.5 Å². The number of rotatable bonds is 2. The summed E-state index contributed by atoms with van der Waals surface area (Å²) in [6.45, 7) is 4.42. The largest absolute Gasteiger partial charge is 0.261 e. The highest BCUT2D eigenvalue weighted by Crippen LogP contribution is 2.25. The van der Waals surface area contributed by atoms with Crippen molar-refractivity contribution >= 4 is 5.71 Å². The smallest absolute Gasteiger partial charge is 0.0509 e. The maximum Gasteiger partial charge on any atom is 0.0509 e.